The first-order chi connectivity index (χ1) is 12.7. The topological polar surface area (TPSA) is 66.1 Å². The fourth-order valence-corrected chi connectivity index (χ4v) is 3.29. The Morgan fingerprint density at radius 1 is 1.15 bits per heavy atom. The Morgan fingerprint density at radius 2 is 1.92 bits per heavy atom. The second kappa shape index (κ2) is 7.80. The van der Waals surface area contributed by atoms with Crippen LogP contribution in [0.2, 0.25) is 10.0 Å². The molecule has 26 heavy (non-hydrogen) atoms. The van der Waals surface area contributed by atoms with Crippen molar-refractivity contribution in [3.63, 3.8) is 0 Å². The fourth-order valence-electron chi connectivity index (χ4n) is 2.97. The molecule has 4 rings (SSSR count). The van der Waals surface area contributed by atoms with Crippen LogP contribution in [0.25, 0.3) is 22.6 Å². The van der Waals surface area contributed by atoms with Gasteiger partial charge in [0.2, 0.25) is 0 Å². The largest absolute Gasteiger partial charge is 0.384 e. The zero-order chi connectivity index (χ0) is 17.9. The molecule has 1 aromatic carbocycles. The van der Waals surface area contributed by atoms with Gasteiger partial charge in [0.05, 0.1) is 23.3 Å². The average molecular weight is 392 g/mol. The van der Waals surface area contributed by atoms with Gasteiger partial charge in [0.25, 0.3) is 0 Å². The van der Waals surface area contributed by atoms with Crippen molar-refractivity contribution in [1.29, 1.82) is 0 Å². The Balaban J connectivity index is 1.41. The first kappa shape index (κ1) is 17.5. The number of hydrogen-bond acceptors (Lipinski definition) is 5. The molecule has 3 heterocycles. The summed E-state index contributed by atoms with van der Waals surface area (Å²) in [6.45, 7) is 5.59. The molecule has 0 aliphatic carbocycles. The molecule has 1 aliphatic heterocycles. The number of anilines is 1. The number of aromatic amines is 1. The van der Waals surface area contributed by atoms with E-state index in [0.717, 1.165) is 56.5 Å². The van der Waals surface area contributed by atoms with E-state index in [9.17, 15) is 0 Å². The van der Waals surface area contributed by atoms with E-state index in [1.54, 1.807) is 0 Å². The zero-order valence-electron chi connectivity index (χ0n) is 14.1. The van der Waals surface area contributed by atoms with Crippen molar-refractivity contribution in [1.82, 2.24) is 19.9 Å². The highest BCUT2D eigenvalue weighted by atomic mass is 35.5. The quantitative estimate of drug-likeness (QED) is 0.694. The van der Waals surface area contributed by atoms with Crippen LogP contribution in [0.4, 0.5) is 5.69 Å². The number of aromatic nitrogens is 3. The summed E-state index contributed by atoms with van der Waals surface area (Å²) in [5, 5.41) is 4.30. The summed E-state index contributed by atoms with van der Waals surface area (Å²) < 4.78 is 5.36. The molecule has 6 nitrogen and oxygen atoms in total. The molecule has 0 radical (unpaired) electrons. The summed E-state index contributed by atoms with van der Waals surface area (Å²) in [5.74, 6) is 0.719. The van der Waals surface area contributed by atoms with Gasteiger partial charge in [-0.3, -0.25) is 4.90 Å². The van der Waals surface area contributed by atoms with Crippen LogP contribution >= 0.6 is 23.2 Å². The number of nitrogens with one attached hydrogen (secondary N) is 2. The van der Waals surface area contributed by atoms with Gasteiger partial charge in [0.15, 0.2) is 5.65 Å². The van der Waals surface area contributed by atoms with Crippen molar-refractivity contribution in [3.05, 3.63) is 40.5 Å². The molecule has 0 atom stereocenters. The lowest BCUT2D eigenvalue weighted by atomic mass is 10.2. The van der Waals surface area contributed by atoms with Crippen LogP contribution in [0.3, 0.4) is 0 Å². The highest BCUT2D eigenvalue weighted by molar-refractivity contribution is 6.44. The highest BCUT2D eigenvalue weighted by Crippen LogP contribution is 2.30. The summed E-state index contributed by atoms with van der Waals surface area (Å²) in [6, 6.07) is 8.13. The number of pyridine rings is 1. The average Bonchev–Trinajstić information content (AvgIpc) is 3.11. The maximum Gasteiger partial charge on any atom is 0.179 e. The molecule has 3 aromatic rings. The monoisotopic (exact) mass is 391 g/mol. The van der Waals surface area contributed by atoms with E-state index in [1.165, 1.54) is 6.20 Å². The van der Waals surface area contributed by atoms with E-state index in [-0.39, 0.29) is 0 Å². The molecule has 0 spiro atoms. The summed E-state index contributed by atoms with van der Waals surface area (Å²) in [7, 11) is 0. The number of ether oxygens (including phenoxy) is 1. The second-order valence-corrected chi connectivity index (χ2v) is 6.95. The summed E-state index contributed by atoms with van der Waals surface area (Å²) >= 11 is 12.2. The van der Waals surface area contributed by atoms with Crippen molar-refractivity contribution < 1.29 is 4.74 Å². The van der Waals surface area contributed by atoms with Crippen LogP contribution < -0.4 is 5.32 Å². The lowest BCUT2D eigenvalue weighted by Gasteiger charge is -2.26. The van der Waals surface area contributed by atoms with E-state index in [2.05, 4.69) is 25.2 Å². The van der Waals surface area contributed by atoms with Gasteiger partial charge in [-0.25, -0.2) is 9.97 Å². The van der Waals surface area contributed by atoms with E-state index >= 15 is 0 Å². The lowest BCUT2D eigenvalue weighted by Crippen LogP contribution is -2.38. The molecule has 0 bridgehead atoms. The maximum atomic E-state index is 6.21. The van der Waals surface area contributed by atoms with Crippen molar-refractivity contribution in [2.45, 2.75) is 0 Å². The normalized spacial score (nSPS) is 15.5. The zero-order valence-corrected chi connectivity index (χ0v) is 15.6. The SMILES string of the molecule is Clc1cnc2nc(-c3ccc(NCCN4CCOCC4)cc3)[nH]c2c1Cl. The van der Waals surface area contributed by atoms with Crippen molar-refractivity contribution in [2.24, 2.45) is 0 Å². The lowest BCUT2D eigenvalue weighted by molar-refractivity contribution is 0.0398. The molecular weight excluding hydrogens is 373 g/mol. The highest BCUT2D eigenvalue weighted by Gasteiger charge is 2.12. The molecule has 0 unspecified atom stereocenters. The Kier molecular flexibility index (Phi) is 5.26. The summed E-state index contributed by atoms with van der Waals surface area (Å²) in [5.41, 5.74) is 3.26. The molecule has 0 saturated carbocycles. The van der Waals surface area contributed by atoms with Gasteiger partial charge in [-0.2, -0.15) is 0 Å². The minimum absolute atomic E-state index is 0.411. The number of halogens is 2. The second-order valence-electron chi connectivity index (χ2n) is 6.16. The van der Waals surface area contributed by atoms with E-state index in [1.807, 2.05) is 24.3 Å². The molecule has 2 aromatic heterocycles. The van der Waals surface area contributed by atoms with Gasteiger partial charge in [-0.05, 0) is 24.3 Å². The summed E-state index contributed by atoms with van der Waals surface area (Å²) in [6.07, 6.45) is 1.51. The van der Waals surface area contributed by atoms with Crippen molar-refractivity contribution in [3.8, 4) is 11.4 Å². The summed E-state index contributed by atoms with van der Waals surface area (Å²) in [4.78, 5) is 14.3. The number of morpholine rings is 1. The number of imidazole rings is 1. The van der Waals surface area contributed by atoms with Crippen LogP contribution in [0.1, 0.15) is 0 Å². The Morgan fingerprint density at radius 3 is 2.69 bits per heavy atom. The minimum atomic E-state index is 0.411. The van der Waals surface area contributed by atoms with Crippen LogP contribution in [0.5, 0.6) is 0 Å². The number of benzene rings is 1. The van der Waals surface area contributed by atoms with Crippen molar-refractivity contribution >= 4 is 40.1 Å². The third kappa shape index (κ3) is 3.78. The van der Waals surface area contributed by atoms with E-state index < -0.39 is 0 Å². The smallest absolute Gasteiger partial charge is 0.179 e. The van der Waals surface area contributed by atoms with E-state index in [0.29, 0.717) is 21.2 Å². The number of H-pyrrole nitrogens is 1. The number of fused-ring (bicyclic) bond motifs is 1. The Bertz CT molecular complexity index is 890. The first-order valence-electron chi connectivity index (χ1n) is 8.55. The third-order valence-corrected chi connectivity index (χ3v) is 5.21. The Hall–Kier alpha value is -1.86. The van der Waals surface area contributed by atoms with Crippen LogP contribution in [-0.4, -0.2) is 59.2 Å². The number of rotatable bonds is 5. The van der Waals surface area contributed by atoms with Gasteiger partial charge in [0, 0.05) is 43.6 Å². The number of nitrogens with zero attached hydrogens (tertiary/aromatic N) is 3. The van der Waals surface area contributed by atoms with Gasteiger partial charge in [0.1, 0.15) is 11.3 Å². The Labute approximate surface area is 161 Å². The molecule has 2 N–H and O–H groups in total. The first-order valence-corrected chi connectivity index (χ1v) is 9.30. The molecule has 1 aliphatic rings. The van der Waals surface area contributed by atoms with Gasteiger partial charge in [-0.1, -0.05) is 23.2 Å². The molecule has 136 valence electrons. The maximum absolute atomic E-state index is 6.21. The van der Waals surface area contributed by atoms with Crippen LogP contribution in [-0.2, 0) is 4.74 Å². The van der Waals surface area contributed by atoms with Crippen LogP contribution in [0, 0.1) is 0 Å². The van der Waals surface area contributed by atoms with Crippen LogP contribution in [0.15, 0.2) is 30.5 Å². The predicted molar refractivity (Wildman–Crippen MR) is 105 cm³/mol. The molecule has 1 fully saturated rings. The fraction of sp³-hybridized carbons (Fsp3) is 0.333. The molecular formula is C18H19Cl2N5O. The van der Waals surface area contributed by atoms with Crippen molar-refractivity contribution in [2.75, 3.05) is 44.7 Å². The predicted octanol–water partition coefficient (Wildman–Crippen LogP) is 3.68. The van der Waals surface area contributed by atoms with Gasteiger partial charge in [-0.15, -0.1) is 0 Å². The van der Waals surface area contributed by atoms with Gasteiger partial charge >= 0.3 is 0 Å². The third-order valence-electron chi connectivity index (χ3n) is 4.43. The van der Waals surface area contributed by atoms with E-state index in [4.69, 9.17) is 27.9 Å². The minimum Gasteiger partial charge on any atom is -0.384 e. The molecule has 8 heteroatoms. The van der Waals surface area contributed by atoms with Gasteiger partial charge < -0.3 is 15.0 Å². The number of hydrogen-bond donors (Lipinski definition) is 2. The standard InChI is InChI=1S/C18H19Cl2N5O/c19-14-11-22-18-16(15(14)20)23-17(24-18)12-1-3-13(4-2-12)21-5-6-25-7-9-26-10-8-25/h1-4,11,21H,5-10H2,(H,22,23,24). The molecule has 0 amide bonds. The molecule has 1 saturated heterocycles.